The number of para-hydroxylation sites is 4. The number of benzene rings is 4. The van der Waals surface area contributed by atoms with Crippen LogP contribution >= 0.6 is 46.4 Å². The molecule has 172 valence electrons. The molecule has 4 rings (SSSR count). The van der Waals surface area contributed by atoms with Crippen LogP contribution in [0.5, 0.6) is 23.0 Å². The molecular weight excluding hydrogens is 677 g/mol. The molecule has 4 aromatic rings. The van der Waals surface area contributed by atoms with Gasteiger partial charge < -0.3 is 0 Å². The standard InChI is InChI=1S/4C6H5ClO.2Zr/c4*7-5-3-1-2-4-6(5)8;;/h4*1-4,8H;;/q;;;;;+4/p-4. The van der Waals surface area contributed by atoms with E-state index in [2.05, 4.69) is 0 Å². The molecule has 0 aliphatic rings. The van der Waals surface area contributed by atoms with E-state index in [1.807, 2.05) is 0 Å². The average Bonchev–Trinajstić information content (AvgIpc) is 2.80. The molecule has 0 saturated heterocycles. The molecule has 4 aromatic carbocycles. The van der Waals surface area contributed by atoms with E-state index in [1.54, 1.807) is 97.1 Å². The minimum Gasteiger partial charge on any atom is 0 e. The van der Waals surface area contributed by atoms with Gasteiger partial charge in [-0.3, -0.25) is 0 Å². The maximum absolute atomic E-state index is 6.40. The second-order valence-electron chi connectivity index (χ2n) is 6.63. The van der Waals surface area contributed by atoms with Crippen LogP contribution in [-0.2, 0) is 48.2 Å². The van der Waals surface area contributed by atoms with E-state index < -0.39 is 22.0 Å². The monoisotopic (exact) mass is 688 g/mol. The number of halogens is 4. The zero-order valence-corrected chi connectivity index (χ0v) is 25.3. The van der Waals surface area contributed by atoms with Gasteiger partial charge in [0.25, 0.3) is 0 Å². The normalized spacial score (nSPS) is 10.7. The molecule has 0 unspecified atom stereocenters. The van der Waals surface area contributed by atoms with Crippen LogP contribution in [0.2, 0.25) is 20.1 Å². The second-order valence-corrected chi connectivity index (χ2v) is 12.7. The Bertz CT molecular complexity index is 1060. The van der Waals surface area contributed by atoms with Gasteiger partial charge in [0, 0.05) is 26.2 Å². The Morgan fingerprint density at radius 1 is 0.382 bits per heavy atom. The molecule has 0 atom stereocenters. The minimum absolute atomic E-state index is 0. The first-order valence-electron chi connectivity index (χ1n) is 9.70. The third-order valence-electron chi connectivity index (χ3n) is 4.29. The van der Waals surface area contributed by atoms with Crippen LogP contribution in [0, 0.1) is 0 Å². The van der Waals surface area contributed by atoms with Gasteiger partial charge in [-0.25, -0.2) is 0 Å². The predicted molar refractivity (Wildman–Crippen MR) is 128 cm³/mol. The van der Waals surface area contributed by atoms with Crippen molar-refractivity contribution in [1.82, 2.24) is 0 Å². The summed E-state index contributed by atoms with van der Waals surface area (Å²) in [4.78, 5) is 0. The summed E-state index contributed by atoms with van der Waals surface area (Å²) in [5, 5.41) is 1.41. The van der Waals surface area contributed by atoms with Gasteiger partial charge >= 0.3 is 220 Å². The van der Waals surface area contributed by atoms with Gasteiger partial charge in [-0.05, 0) is 0 Å². The maximum Gasteiger partial charge on any atom is 0 e. The van der Waals surface area contributed by atoms with Gasteiger partial charge in [-0.1, -0.05) is 0 Å². The molecule has 0 spiro atoms. The van der Waals surface area contributed by atoms with Gasteiger partial charge in [0.1, 0.15) is 0 Å². The molecule has 0 saturated carbocycles. The summed E-state index contributed by atoms with van der Waals surface area (Å²) in [5.41, 5.74) is 0. The summed E-state index contributed by atoms with van der Waals surface area (Å²) in [6, 6.07) is 27.8. The van der Waals surface area contributed by atoms with Crippen molar-refractivity contribution in [3.63, 3.8) is 0 Å². The molecule has 0 amide bonds. The molecule has 34 heavy (non-hydrogen) atoms. The van der Waals surface area contributed by atoms with Crippen molar-refractivity contribution in [2.45, 2.75) is 0 Å². The minimum atomic E-state index is -5.23. The third kappa shape index (κ3) is 7.03. The first-order valence-corrected chi connectivity index (χ1v) is 15.2. The molecule has 0 radical (unpaired) electrons. The first-order chi connectivity index (χ1) is 16.0. The van der Waals surface area contributed by atoms with Crippen LogP contribution in [0.4, 0.5) is 0 Å². The van der Waals surface area contributed by atoms with E-state index in [0.29, 0.717) is 43.1 Å². The molecular formula is C24H16Cl4O4Zr2. The average molecular weight is 693 g/mol. The van der Waals surface area contributed by atoms with Crippen molar-refractivity contribution >= 4 is 46.4 Å². The fraction of sp³-hybridized carbons (Fsp3) is 0. The van der Waals surface area contributed by atoms with Crippen molar-refractivity contribution in [3.8, 4) is 23.0 Å². The van der Waals surface area contributed by atoms with E-state index in [1.165, 1.54) is 0 Å². The topological polar surface area (TPSA) is 36.9 Å². The van der Waals surface area contributed by atoms with Crippen LogP contribution in [-0.4, -0.2) is 0 Å². The maximum atomic E-state index is 6.40. The van der Waals surface area contributed by atoms with Crippen molar-refractivity contribution < 1.29 is 59.5 Å². The zero-order chi connectivity index (χ0) is 23.3. The molecule has 0 aliphatic carbocycles. The molecule has 0 N–H and O–H groups in total. The van der Waals surface area contributed by atoms with E-state index in [4.69, 9.17) is 57.7 Å². The van der Waals surface area contributed by atoms with E-state index in [9.17, 15) is 0 Å². The van der Waals surface area contributed by atoms with Crippen molar-refractivity contribution in [2.24, 2.45) is 0 Å². The summed E-state index contributed by atoms with van der Waals surface area (Å²) >= 11 is 20.4. The molecule has 0 aliphatic heterocycles. The Morgan fingerprint density at radius 2 is 0.588 bits per heavy atom. The van der Waals surface area contributed by atoms with Gasteiger partial charge in [-0.2, -0.15) is 0 Å². The summed E-state index contributed by atoms with van der Waals surface area (Å²) in [6.07, 6.45) is 0. The Kier molecular flexibility index (Phi) is 10.4. The van der Waals surface area contributed by atoms with Crippen LogP contribution < -0.4 is 11.3 Å². The largest absolute Gasteiger partial charge is 0 e. The molecule has 0 bridgehead atoms. The van der Waals surface area contributed by atoms with Crippen molar-refractivity contribution in [1.29, 1.82) is 0 Å². The summed E-state index contributed by atoms with van der Waals surface area (Å²) < 4.78 is 25.4. The van der Waals surface area contributed by atoms with Gasteiger partial charge in [-0.15, -0.1) is 0 Å². The molecule has 0 aromatic heterocycles. The smallest absolute Gasteiger partial charge is 0 e. The first kappa shape index (κ1) is 27.6. The summed E-state index contributed by atoms with van der Waals surface area (Å²) in [6.45, 7) is 0. The van der Waals surface area contributed by atoms with Gasteiger partial charge in [0.15, 0.2) is 0 Å². The van der Waals surface area contributed by atoms with E-state index in [-0.39, 0.29) is 26.2 Å². The summed E-state index contributed by atoms with van der Waals surface area (Å²) in [7, 11) is 0. The Balaban J connectivity index is 0.00000324. The molecule has 0 fully saturated rings. The SMILES string of the molecule is Clc1ccccc1[O][Zr]([O]c1ccccc1Cl)([O]c1ccccc1Cl)[O]c1ccccc1Cl.[Zr]. The van der Waals surface area contributed by atoms with E-state index >= 15 is 0 Å². The molecule has 10 heteroatoms. The number of hydrogen-bond donors (Lipinski definition) is 0. The van der Waals surface area contributed by atoms with Crippen LogP contribution in [0.15, 0.2) is 97.1 Å². The third-order valence-corrected chi connectivity index (χ3v) is 10.2. The van der Waals surface area contributed by atoms with Crippen molar-refractivity contribution in [2.75, 3.05) is 0 Å². The van der Waals surface area contributed by atoms with Crippen LogP contribution in [0.1, 0.15) is 0 Å². The Hall–Kier alpha value is -0.994. The predicted octanol–water partition coefficient (Wildman–Crippen LogP) is 8.73. The Morgan fingerprint density at radius 3 is 0.794 bits per heavy atom. The van der Waals surface area contributed by atoms with Crippen molar-refractivity contribution in [3.05, 3.63) is 117 Å². The molecule has 0 heterocycles. The quantitative estimate of drug-likeness (QED) is 0.185. The summed E-state index contributed by atoms with van der Waals surface area (Å²) in [5.74, 6) is 1.28. The van der Waals surface area contributed by atoms with E-state index in [0.717, 1.165) is 0 Å². The van der Waals surface area contributed by atoms with Gasteiger partial charge in [0.05, 0.1) is 0 Å². The molecule has 4 nitrogen and oxygen atoms in total. The Labute approximate surface area is 243 Å². The fourth-order valence-electron chi connectivity index (χ4n) is 2.77. The zero-order valence-electron chi connectivity index (χ0n) is 17.4. The fourth-order valence-corrected chi connectivity index (χ4v) is 9.12. The van der Waals surface area contributed by atoms with Crippen LogP contribution in [0.25, 0.3) is 0 Å². The number of hydrogen-bond acceptors (Lipinski definition) is 4. The van der Waals surface area contributed by atoms with Gasteiger partial charge in [0.2, 0.25) is 0 Å². The van der Waals surface area contributed by atoms with Crippen LogP contribution in [0.3, 0.4) is 0 Å². The number of rotatable bonds is 8. The second kappa shape index (κ2) is 12.8.